The molecular weight excluding hydrogens is 158 g/mol. The summed E-state index contributed by atoms with van der Waals surface area (Å²) in [5, 5.41) is 3.60. The summed E-state index contributed by atoms with van der Waals surface area (Å²) in [7, 11) is 0. The smallest absolute Gasteiger partial charge is 0.0238 e. The molecule has 1 nitrogen and oxygen atoms in total. The first-order chi connectivity index (χ1) is 5.33. The fourth-order valence-corrected chi connectivity index (χ4v) is 2.07. The van der Waals surface area contributed by atoms with Gasteiger partial charge in [0.2, 0.25) is 0 Å². The summed E-state index contributed by atoms with van der Waals surface area (Å²) in [6.45, 7) is 2.22. The summed E-state index contributed by atoms with van der Waals surface area (Å²) in [5.41, 5.74) is 0. The van der Waals surface area contributed by atoms with E-state index in [0.717, 1.165) is 18.3 Å². The van der Waals surface area contributed by atoms with Crippen LogP contribution in [0.3, 0.4) is 0 Å². The number of hydrogen-bond acceptors (Lipinski definition) is 1. The summed E-state index contributed by atoms with van der Waals surface area (Å²) in [5.74, 6) is 0.779. The Morgan fingerprint density at radius 3 is 2.64 bits per heavy atom. The van der Waals surface area contributed by atoms with Crippen molar-refractivity contribution in [3.63, 3.8) is 0 Å². The molecule has 1 N–H and O–H groups in total. The third kappa shape index (κ3) is 3.44. The number of alkyl halides is 1. The lowest BCUT2D eigenvalue weighted by molar-refractivity contribution is 0.443. The van der Waals surface area contributed by atoms with Gasteiger partial charge in [-0.05, 0) is 26.2 Å². The molecule has 2 heteroatoms. The first kappa shape index (κ1) is 9.34. The zero-order valence-corrected chi connectivity index (χ0v) is 8.03. The summed E-state index contributed by atoms with van der Waals surface area (Å²) in [6, 6.07) is 1.39. The highest BCUT2D eigenvalue weighted by atomic mass is 35.5. The highest BCUT2D eigenvalue weighted by molar-refractivity contribution is 6.17. The van der Waals surface area contributed by atoms with E-state index in [4.69, 9.17) is 11.6 Å². The fraction of sp³-hybridized carbons (Fsp3) is 1.00. The second-order valence-corrected chi connectivity index (χ2v) is 3.90. The van der Waals surface area contributed by atoms with Gasteiger partial charge in [0.1, 0.15) is 0 Å². The first-order valence-electron chi connectivity index (χ1n) is 4.65. The highest BCUT2D eigenvalue weighted by Crippen LogP contribution is 2.18. The van der Waals surface area contributed by atoms with Crippen LogP contribution in [0.5, 0.6) is 0 Å². The minimum Gasteiger partial charge on any atom is -0.311 e. The van der Waals surface area contributed by atoms with Crippen LogP contribution in [-0.4, -0.2) is 18.0 Å². The zero-order chi connectivity index (χ0) is 8.10. The van der Waals surface area contributed by atoms with E-state index in [0.29, 0.717) is 6.04 Å². The van der Waals surface area contributed by atoms with E-state index in [1.165, 1.54) is 25.7 Å². The van der Waals surface area contributed by atoms with Crippen LogP contribution in [0.1, 0.15) is 39.0 Å². The normalized spacial score (nSPS) is 22.4. The number of rotatable bonds is 4. The maximum absolute atomic E-state index is 5.64. The van der Waals surface area contributed by atoms with Crippen LogP contribution in [0, 0.1) is 0 Å². The summed E-state index contributed by atoms with van der Waals surface area (Å²) < 4.78 is 0. The molecule has 0 heterocycles. The van der Waals surface area contributed by atoms with Gasteiger partial charge in [0, 0.05) is 18.0 Å². The van der Waals surface area contributed by atoms with Gasteiger partial charge in [0.05, 0.1) is 0 Å². The molecule has 0 saturated heterocycles. The van der Waals surface area contributed by atoms with Crippen LogP contribution in [0.2, 0.25) is 0 Å². The lowest BCUT2D eigenvalue weighted by Gasteiger charge is -2.17. The summed E-state index contributed by atoms with van der Waals surface area (Å²) in [6.07, 6.45) is 6.65. The van der Waals surface area contributed by atoms with Crippen LogP contribution in [0.15, 0.2) is 0 Å². The lowest BCUT2D eigenvalue weighted by atomic mass is 10.2. The Balaban J connectivity index is 2.08. The quantitative estimate of drug-likeness (QED) is 0.648. The van der Waals surface area contributed by atoms with Crippen molar-refractivity contribution < 1.29 is 0 Å². The second kappa shape index (κ2) is 5.00. The molecular formula is C9H18ClN. The van der Waals surface area contributed by atoms with Crippen molar-refractivity contribution >= 4 is 11.6 Å². The Morgan fingerprint density at radius 1 is 1.45 bits per heavy atom. The van der Waals surface area contributed by atoms with Crippen molar-refractivity contribution in [1.82, 2.24) is 5.32 Å². The summed E-state index contributed by atoms with van der Waals surface area (Å²) >= 11 is 5.64. The molecule has 1 saturated carbocycles. The maximum atomic E-state index is 5.64. The van der Waals surface area contributed by atoms with E-state index in [1.54, 1.807) is 0 Å². The molecule has 1 unspecified atom stereocenters. The van der Waals surface area contributed by atoms with Gasteiger partial charge in [-0.25, -0.2) is 0 Å². The van der Waals surface area contributed by atoms with E-state index in [9.17, 15) is 0 Å². The van der Waals surface area contributed by atoms with Crippen molar-refractivity contribution in [3.8, 4) is 0 Å². The van der Waals surface area contributed by atoms with Crippen molar-refractivity contribution in [2.24, 2.45) is 0 Å². The number of nitrogens with one attached hydrogen (secondary N) is 1. The standard InChI is InChI=1S/C9H18ClN/c1-8(6-7-10)11-9-4-2-3-5-9/h8-9,11H,2-7H2,1H3. The molecule has 1 atom stereocenters. The van der Waals surface area contributed by atoms with Crippen LogP contribution >= 0.6 is 11.6 Å². The van der Waals surface area contributed by atoms with Crippen LogP contribution in [-0.2, 0) is 0 Å². The molecule has 0 aromatic carbocycles. The van der Waals surface area contributed by atoms with Gasteiger partial charge in [-0.15, -0.1) is 11.6 Å². The maximum Gasteiger partial charge on any atom is 0.0238 e. The number of hydrogen-bond donors (Lipinski definition) is 1. The van der Waals surface area contributed by atoms with Crippen LogP contribution in [0.25, 0.3) is 0 Å². The minimum absolute atomic E-state index is 0.607. The van der Waals surface area contributed by atoms with E-state index >= 15 is 0 Å². The Labute approximate surface area is 74.5 Å². The van der Waals surface area contributed by atoms with Gasteiger partial charge in [-0.1, -0.05) is 12.8 Å². The van der Waals surface area contributed by atoms with Crippen LogP contribution < -0.4 is 5.32 Å². The van der Waals surface area contributed by atoms with Gasteiger partial charge >= 0.3 is 0 Å². The second-order valence-electron chi connectivity index (χ2n) is 3.53. The number of halogens is 1. The summed E-state index contributed by atoms with van der Waals surface area (Å²) in [4.78, 5) is 0. The Morgan fingerprint density at radius 2 is 2.09 bits per heavy atom. The van der Waals surface area contributed by atoms with Crippen molar-refractivity contribution in [2.45, 2.75) is 51.1 Å². The third-order valence-corrected chi connectivity index (χ3v) is 2.64. The lowest BCUT2D eigenvalue weighted by Crippen LogP contribution is -2.34. The first-order valence-corrected chi connectivity index (χ1v) is 5.18. The van der Waals surface area contributed by atoms with E-state index in [2.05, 4.69) is 12.2 Å². The SMILES string of the molecule is CC(CCCl)NC1CCCC1. The molecule has 66 valence electrons. The van der Waals surface area contributed by atoms with E-state index in [-0.39, 0.29) is 0 Å². The predicted molar refractivity (Wildman–Crippen MR) is 50.2 cm³/mol. The van der Waals surface area contributed by atoms with Gasteiger partial charge in [-0.3, -0.25) is 0 Å². The molecule has 0 aromatic rings. The van der Waals surface area contributed by atoms with Gasteiger partial charge in [0.15, 0.2) is 0 Å². The van der Waals surface area contributed by atoms with Crippen LogP contribution in [0.4, 0.5) is 0 Å². The van der Waals surface area contributed by atoms with E-state index in [1.807, 2.05) is 0 Å². The highest BCUT2D eigenvalue weighted by Gasteiger charge is 2.15. The molecule has 0 aromatic heterocycles. The molecule has 0 radical (unpaired) electrons. The third-order valence-electron chi connectivity index (χ3n) is 2.42. The zero-order valence-electron chi connectivity index (χ0n) is 7.28. The monoisotopic (exact) mass is 175 g/mol. The molecule has 0 spiro atoms. The van der Waals surface area contributed by atoms with Crippen molar-refractivity contribution in [1.29, 1.82) is 0 Å². The Hall–Kier alpha value is 0.250. The van der Waals surface area contributed by atoms with Gasteiger partial charge < -0.3 is 5.32 Å². The molecule has 11 heavy (non-hydrogen) atoms. The van der Waals surface area contributed by atoms with E-state index < -0.39 is 0 Å². The molecule has 0 bridgehead atoms. The molecule has 1 aliphatic carbocycles. The van der Waals surface area contributed by atoms with Crippen molar-refractivity contribution in [3.05, 3.63) is 0 Å². The molecule has 0 aliphatic heterocycles. The largest absolute Gasteiger partial charge is 0.311 e. The molecule has 1 rings (SSSR count). The predicted octanol–water partition coefficient (Wildman–Crippen LogP) is 2.54. The van der Waals surface area contributed by atoms with Crippen molar-refractivity contribution in [2.75, 3.05) is 5.88 Å². The Kier molecular flexibility index (Phi) is 4.24. The Bertz CT molecular complexity index is 99.7. The average molecular weight is 176 g/mol. The van der Waals surface area contributed by atoms with Gasteiger partial charge in [-0.2, -0.15) is 0 Å². The molecule has 0 amide bonds. The molecule has 1 aliphatic rings. The molecule has 1 fully saturated rings. The topological polar surface area (TPSA) is 12.0 Å². The fourth-order valence-electron chi connectivity index (χ4n) is 1.74. The van der Waals surface area contributed by atoms with Gasteiger partial charge in [0.25, 0.3) is 0 Å². The minimum atomic E-state index is 0.607. The average Bonchev–Trinajstić information content (AvgIpc) is 2.40.